The first-order valence-electron chi connectivity index (χ1n) is 5.29. The summed E-state index contributed by atoms with van der Waals surface area (Å²) in [6.07, 6.45) is 0. The first-order valence-corrected chi connectivity index (χ1v) is 5.29. The van der Waals surface area contributed by atoms with Crippen molar-refractivity contribution in [2.45, 2.75) is 26.2 Å². The summed E-state index contributed by atoms with van der Waals surface area (Å²) in [6.45, 7) is 5.81. The van der Waals surface area contributed by atoms with Gasteiger partial charge in [-0.1, -0.05) is 20.8 Å². The largest absolute Gasteiger partial charge is 0.508 e. The van der Waals surface area contributed by atoms with Gasteiger partial charge in [-0.15, -0.1) is 0 Å². The van der Waals surface area contributed by atoms with E-state index in [0.29, 0.717) is 10.9 Å². The highest BCUT2D eigenvalue weighted by atomic mass is 16.4. The summed E-state index contributed by atoms with van der Waals surface area (Å²) in [5, 5.41) is 19.7. The SMILES string of the molecule is CC(C)(C)c1cc(=O)oc2cc(O)cc(O)c12. The molecule has 0 saturated carbocycles. The highest BCUT2D eigenvalue weighted by Crippen LogP contribution is 2.36. The molecule has 0 aliphatic carbocycles. The van der Waals surface area contributed by atoms with Crippen LogP contribution in [0.3, 0.4) is 0 Å². The van der Waals surface area contributed by atoms with Gasteiger partial charge in [0.25, 0.3) is 0 Å². The number of phenols is 2. The van der Waals surface area contributed by atoms with E-state index in [1.54, 1.807) is 0 Å². The van der Waals surface area contributed by atoms with E-state index in [1.807, 2.05) is 20.8 Å². The van der Waals surface area contributed by atoms with Gasteiger partial charge in [0.2, 0.25) is 0 Å². The third-order valence-corrected chi connectivity index (χ3v) is 2.62. The molecule has 1 aromatic carbocycles. The average Bonchev–Trinajstić information content (AvgIpc) is 2.13. The average molecular weight is 234 g/mol. The molecule has 2 N–H and O–H groups in total. The Labute approximate surface area is 98.1 Å². The molecule has 4 heteroatoms. The minimum absolute atomic E-state index is 0.0892. The molecule has 4 nitrogen and oxygen atoms in total. The lowest BCUT2D eigenvalue weighted by molar-refractivity contribution is 0.449. The van der Waals surface area contributed by atoms with E-state index < -0.39 is 5.63 Å². The van der Waals surface area contributed by atoms with Crippen LogP contribution in [0.5, 0.6) is 11.5 Å². The van der Waals surface area contributed by atoms with Gasteiger partial charge in [0, 0.05) is 18.2 Å². The van der Waals surface area contributed by atoms with Crippen molar-refractivity contribution in [3.8, 4) is 11.5 Å². The topological polar surface area (TPSA) is 70.7 Å². The normalized spacial score (nSPS) is 11.9. The lowest BCUT2D eigenvalue weighted by Gasteiger charge is -2.20. The van der Waals surface area contributed by atoms with Gasteiger partial charge in [-0.25, -0.2) is 4.79 Å². The molecular formula is C13H14O4. The predicted octanol–water partition coefficient (Wildman–Crippen LogP) is 2.50. The predicted molar refractivity (Wildman–Crippen MR) is 64.5 cm³/mol. The molecule has 0 spiro atoms. The zero-order valence-corrected chi connectivity index (χ0v) is 9.94. The molecule has 1 heterocycles. The Bertz CT molecular complexity index is 632. The van der Waals surface area contributed by atoms with Crippen molar-refractivity contribution in [2.75, 3.05) is 0 Å². The van der Waals surface area contributed by atoms with Gasteiger partial charge >= 0.3 is 5.63 Å². The molecule has 0 bridgehead atoms. The van der Waals surface area contributed by atoms with Crippen LogP contribution in [0.25, 0.3) is 11.0 Å². The number of benzene rings is 1. The molecule has 0 saturated heterocycles. The van der Waals surface area contributed by atoms with Crippen molar-refractivity contribution in [1.82, 2.24) is 0 Å². The van der Waals surface area contributed by atoms with E-state index in [0.717, 1.165) is 0 Å². The van der Waals surface area contributed by atoms with Crippen LogP contribution in [0, 0.1) is 0 Å². The molecule has 2 rings (SSSR count). The number of hydrogen-bond donors (Lipinski definition) is 2. The molecule has 90 valence electrons. The lowest BCUT2D eigenvalue weighted by Crippen LogP contribution is -2.15. The highest BCUT2D eigenvalue weighted by Gasteiger charge is 2.21. The van der Waals surface area contributed by atoms with E-state index in [-0.39, 0.29) is 22.5 Å². The van der Waals surface area contributed by atoms with Crippen LogP contribution in [-0.2, 0) is 5.41 Å². The minimum Gasteiger partial charge on any atom is -0.508 e. The second-order valence-corrected chi connectivity index (χ2v) is 5.07. The standard InChI is InChI=1S/C13H14O4/c1-13(2,3)8-6-11(16)17-10-5-7(14)4-9(15)12(8)10/h4-6,14-15H,1-3H3. The highest BCUT2D eigenvalue weighted by molar-refractivity contribution is 5.88. The van der Waals surface area contributed by atoms with E-state index in [4.69, 9.17) is 4.42 Å². The van der Waals surface area contributed by atoms with Gasteiger partial charge < -0.3 is 14.6 Å². The van der Waals surface area contributed by atoms with Crippen LogP contribution >= 0.6 is 0 Å². The van der Waals surface area contributed by atoms with Crippen molar-refractivity contribution < 1.29 is 14.6 Å². The molecule has 0 amide bonds. The Balaban J connectivity index is 2.98. The van der Waals surface area contributed by atoms with Crippen LogP contribution in [-0.4, -0.2) is 10.2 Å². The smallest absolute Gasteiger partial charge is 0.336 e. The van der Waals surface area contributed by atoms with Gasteiger partial charge in [0.05, 0.1) is 5.39 Å². The van der Waals surface area contributed by atoms with Crippen molar-refractivity contribution in [3.63, 3.8) is 0 Å². The molecule has 0 aliphatic heterocycles. The molecule has 0 atom stereocenters. The Kier molecular flexibility index (Phi) is 2.38. The summed E-state index contributed by atoms with van der Waals surface area (Å²) in [6, 6.07) is 3.93. The summed E-state index contributed by atoms with van der Waals surface area (Å²) in [5.41, 5.74) is 0.0939. The Morgan fingerprint density at radius 1 is 1.12 bits per heavy atom. The third kappa shape index (κ3) is 1.98. The second-order valence-electron chi connectivity index (χ2n) is 5.07. The van der Waals surface area contributed by atoms with Gasteiger partial charge in [0.15, 0.2) is 0 Å². The molecule has 1 aromatic heterocycles. The molecule has 0 aliphatic rings. The molecule has 0 unspecified atom stereocenters. The number of hydrogen-bond acceptors (Lipinski definition) is 4. The maximum Gasteiger partial charge on any atom is 0.336 e. The molecular weight excluding hydrogens is 220 g/mol. The summed E-state index contributed by atoms with van der Waals surface area (Å²) >= 11 is 0. The summed E-state index contributed by atoms with van der Waals surface area (Å²) in [5.74, 6) is -0.224. The number of aromatic hydroxyl groups is 2. The second kappa shape index (κ2) is 3.52. The van der Waals surface area contributed by atoms with Crippen LogP contribution in [0.1, 0.15) is 26.3 Å². The Morgan fingerprint density at radius 3 is 2.35 bits per heavy atom. The number of phenolic OH excluding ortho intramolecular Hbond substituents is 2. The number of rotatable bonds is 0. The first kappa shape index (κ1) is 11.5. The summed E-state index contributed by atoms with van der Waals surface area (Å²) in [4.78, 5) is 11.4. The molecule has 0 fully saturated rings. The van der Waals surface area contributed by atoms with Crippen molar-refractivity contribution in [2.24, 2.45) is 0 Å². The van der Waals surface area contributed by atoms with E-state index in [9.17, 15) is 15.0 Å². The van der Waals surface area contributed by atoms with Gasteiger partial charge in [0.1, 0.15) is 17.1 Å². The summed E-state index contributed by atoms with van der Waals surface area (Å²) < 4.78 is 4.98. The van der Waals surface area contributed by atoms with Crippen molar-refractivity contribution >= 4 is 11.0 Å². The van der Waals surface area contributed by atoms with Gasteiger partial charge in [-0.2, -0.15) is 0 Å². The van der Waals surface area contributed by atoms with Gasteiger partial charge in [-0.3, -0.25) is 0 Å². The van der Waals surface area contributed by atoms with Gasteiger partial charge in [-0.05, 0) is 11.0 Å². The quantitative estimate of drug-likeness (QED) is 0.687. The fourth-order valence-corrected chi connectivity index (χ4v) is 1.86. The first-order chi connectivity index (χ1) is 7.79. The zero-order chi connectivity index (χ0) is 12.8. The molecule has 2 aromatic rings. The van der Waals surface area contributed by atoms with Crippen LogP contribution in [0.2, 0.25) is 0 Å². The maximum atomic E-state index is 11.4. The minimum atomic E-state index is -0.493. The van der Waals surface area contributed by atoms with Crippen molar-refractivity contribution in [3.05, 3.63) is 34.2 Å². The van der Waals surface area contributed by atoms with Crippen LogP contribution in [0.4, 0.5) is 0 Å². The van der Waals surface area contributed by atoms with E-state index in [2.05, 4.69) is 0 Å². The van der Waals surface area contributed by atoms with Crippen LogP contribution < -0.4 is 5.63 Å². The van der Waals surface area contributed by atoms with E-state index >= 15 is 0 Å². The molecule has 17 heavy (non-hydrogen) atoms. The summed E-state index contributed by atoms with van der Waals surface area (Å²) in [7, 11) is 0. The van der Waals surface area contributed by atoms with Crippen molar-refractivity contribution in [1.29, 1.82) is 0 Å². The Morgan fingerprint density at radius 2 is 1.76 bits per heavy atom. The Hall–Kier alpha value is -1.97. The fraction of sp³-hybridized carbons (Fsp3) is 0.308. The fourth-order valence-electron chi connectivity index (χ4n) is 1.86. The third-order valence-electron chi connectivity index (χ3n) is 2.62. The van der Waals surface area contributed by atoms with Crippen LogP contribution in [0.15, 0.2) is 27.4 Å². The number of fused-ring (bicyclic) bond motifs is 1. The zero-order valence-electron chi connectivity index (χ0n) is 9.94. The lowest BCUT2D eigenvalue weighted by atomic mass is 9.85. The monoisotopic (exact) mass is 234 g/mol. The molecule has 0 radical (unpaired) electrons. The maximum absolute atomic E-state index is 11.4. The van der Waals surface area contributed by atoms with E-state index in [1.165, 1.54) is 18.2 Å².